The molecule has 2 heteroatoms. The number of hydrogen-bond acceptors (Lipinski definition) is 2. The summed E-state index contributed by atoms with van der Waals surface area (Å²) < 4.78 is 0. The maximum absolute atomic E-state index is 9.21. The van der Waals surface area contributed by atoms with Crippen molar-refractivity contribution in [3.05, 3.63) is 35.4 Å². The van der Waals surface area contributed by atoms with Crippen LogP contribution in [0.4, 0.5) is 0 Å². The summed E-state index contributed by atoms with van der Waals surface area (Å²) in [7, 11) is 0. The van der Waals surface area contributed by atoms with E-state index >= 15 is 0 Å². The van der Waals surface area contributed by atoms with Crippen molar-refractivity contribution < 1.29 is 5.11 Å². The van der Waals surface area contributed by atoms with Gasteiger partial charge in [-0.3, -0.25) is 4.90 Å². The zero-order valence-electron chi connectivity index (χ0n) is 9.48. The van der Waals surface area contributed by atoms with E-state index in [0.29, 0.717) is 0 Å². The van der Waals surface area contributed by atoms with Gasteiger partial charge in [-0.25, -0.2) is 0 Å². The van der Waals surface area contributed by atoms with E-state index in [1.54, 1.807) is 0 Å². The van der Waals surface area contributed by atoms with Crippen LogP contribution in [0.3, 0.4) is 0 Å². The Morgan fingerprint density at radius 3 is 2.53 bits per heavy atom. The number of hydrogen-bond donors (Lipinski definition) is 1. The van der Waals surface area contributed by atoms with Crippen LogP contribution >= 0.6 is 0 Å². The molecule has 0 bridgehead atoms. The van der Waals surface area contributed by atoms with Crippen LogP contribution in [0.15, 0.2) is 24.3 Å². The van der Waals surface area contributed by atoms with Crippen LogP contribution in [-0.2, 0) is 13.2 Å². The van der Waals surface area contributed by atoms with E-state index < -0.39 is 0 Å². The van der Waals surface area contributed by atoms with Crippen LogP contribution in [0, 0.1) is 5.92 Å². The third kappa shape index (κ3) is 2.39. The summed E-state index contributed by atoms with van der Waals surface area (Å²) in [6.07, 6.45) is 0. The van der Waals surface area contributed by atoms with Crippen molar-refractivity contribution in [3.63, 3.8) is 0 Å². The van der Waals surface area contributed by atoms with E-state index in [1.165, 1.54) is 12.1 Å². The Bertz CT molecular complexity index is 335. The van der Waals surface area contributed by atoms with Crippen molar-refractivity contribution in [1.82, 2.24) is 4.90 Å². The van der Waals surface area contributed by atoms with Gasteiger partial charge in [0.1, 0.15) is 0 Å². The van der Waals surface area contributed by atoms with Crippen molar-refractivity contribution >= 4 is 0 Å². The second-order valence-electron chi connectivity index (χ2n) is 4.67. The van der Waals surface area contributed by atoms with Crippen LogP contribution < -0.4 is 0 Å². The van der Waals surface area contributed by atoms with Crippen molar-refractivity contribution in [2.75, 3.05) is 6.54 Å². The van der Waals surface area contributed by atoms with Gasteiger partial charge in [0.25, 0.3) is 0 Å². The molecular weight excluding hydrogens is 186 g/mol. The van der Waals surface area contributed by atoms with Crippen molar-refractivity contribution in [1.29, 1.82) is 0 Å². The third-order valence-corrected chi connectivity index (χ3v) is 3.19. The second kappa shape index (κ2) is 4.33. The van der Waals surface area contributed by atoms with Gasteiger partial charge in [0, 0.05) is 19.1 Å². The fourth-order valence-corrected chi connectivity index (χ4v) is 2.09. The van der Waals surface area contributed by atoms with Crippen molar-refractivity contribution in [3.8, 4) is 0 Å². The highest BCUT2D eigenvalue weighted by molar-refractivity contribution is 5.27. The first kappa shape index (κ1) is 10.7. The molecule has 1 heterocycles. The minimum absolute atomic E-state index is 0.149. The van der Waals surface area contributed by atoms with Gasteiger partial charge in [0.15, 0.2) is 0 Å². The molecule has 1 aromatic carbocycles. The van der Waals surface area contributed by atoms with Gasteiger partial charge in [-0.1, -0.05) is 38.1 Å². The minimum Gasteiger partial charge on any atom is -0.392 e. The Morgan fingerprint density at radius 1 is 1.33 bits per heavy atom. The number of rotatable bonds is 4. The predicted molar refractivity (Wildman–Crippen MR) is 61.4 cm³/mol. The summed E-state index contributed by atoms with van der Waals surface area (Å²) in [5.41, 5.74) is 2.33. The van der Waals surface area contributed by atoms with E-state index in [-0.39, 0.29) is 6.61 Å². The molecule has 1 fully saturated rings. The van der Waals surface area contributed by atoms with Crippen LogP contribution in [0.5, 0.6) is 0 Å². The van der Waals surface area contributed by atoms with Gasteiger partial charge >= 0.3 is 0 Å². The lowest BCUT2D eigenvalue weighted by Gasteiger charge is -2.09. The zero-order valence-corrected chi connectivity index (χ0v) is 9.48. The topological polar surface area (TPSA) is 23.2 Å². The van der Waals surface area contributed by atoms with Gasteiger partial charge in [0.2, 0.25) is 0 Å². The minimum atomic E-state index is 0.149. The molecule has 2 unspecified atom stereocenters. The molecule has 0 aromatic heterocycles. The standard InChI is InChI=1S/C13H19NO/c1-10(2)13-8-14(13)7-11-5-3-4-6-12(11)9-15/h3-6,10,13,15H,7-9H2,1-2H3. The molecule has 1 aromatic rings. The first-order chi connectivity index (χ1) is 7.22. The summed E-state index contributed by atoms with van der Waals surface area (Å²) in [5, 5.41) is 9.21. The Morgan fingerprint density at radius 2 is 2.00 bits per heavy atom. The predicted octanol–water partition coefficient (Wildman–Crippen LogP) is 2.02. The molecule has 2 nitrogen and oxygen atoms in total. The molecule has 0 radical (unpaired) electrons. The first-order valence-corrected chi connectivity index (χ1v) is 5.64. The van der Waals surface area contributed by atoms with Crippen molar-refractivity contribution in [2.45, 2.75) is 33.0 Å². The number of aliphatic hydroxyl groups excluding tert-OH is 1. The average molecular weight is 205 g/mol. The molecule has 1 saturated heterocycles. The largest absolute Gasteiger partial charge is 0.392 e. The summed E-state index contributed by atoms with van der Waals surface area (Å²) in [6, 6.07) is 8.89. The van der Waals surface area contributed by atoms with E-state index in [0.717, 1.165) is 24.1 Å². The number of benzene rings is 1. The summed E-state index contributed by atoms with van der Waals surface area (Å²) in [4.78, 5) is 2.46. The van der Waals surface area contributed by atoms with E-state index in [4.69, 9.17) is 0 Å². The number of nitrogens with zero attached hydrogens (tertiary/aromatic N) is 1. The van der Waals surface area contributed by atoms with Gasteiger partial charge in [0.05, 0.1) is 6.61 Å². The highest BCUT2D eigenvalue weighted by atomic mass is 16.3. The van der Waals surface area contributed by atoms with Crippen molar-refractivity contribution in [2.24, 2.45) is 5.92 Å². The molecule has 2 rings (SSSR count). The third-order valence-electron chi connectivity index (χ3n) is 3.19. The highest BCUT2D eigenvalue weighted by Gasteiger charge is 2.36. The normalized spacial score (nSPS) is 24.5. The lowest BCUT2D eigenvalue weighted by molar-refractivity contribution is 0.279. The molecule has 1 N–H and O–H groups in total. The lowest BCUT2D eigenvalue weighted by atomic mass is 10.1. The van der Waals surface area contributed by atoms with Crippen LogP contribution in [0.1, 0.15) is 25.0 Å². The Hall–Kier alpha value is -0.860. The van der Waals surface area contributed by atoms with E-state index in [1.807, 2.05) is 18.2 Å². The lowest BCUT2D eigenvalue weighted by Crippen LogP contribution is -2.08. The van der Waals surface area contributed by atoms with Gasteiger partial charge in [-0.05, 0) is 17.0 Å². The van der Waals surface area contributed by atoms with Crippen LogP contribution in [0.2, 0.25) is 0 Å². The Balaban J connectivity index is 2.00. The molecule has 0 amide bonds. The molecule has 2 atom stereocenters. The van der Waals surface area contributed by atoms with Crippen LogP contribution in [0.25, 0.3) is 0 Å². The molecule has 0 saturated carbocycles. The smallest absolute Gasteiger partial charge is 0.0685 e. The molecule has 1 aliphatic heterocycles. The molecule has 1 aliphatic rings. The number of aliphatic hydroxyl groups is 1. The van der Waals surface area contributed by atoms with Gasteiger partial charge in [-0.2, -0.15) is 0 Å². The molecule has 82 valence electrons. The van der Waals surface area contributed by atoms with E-state index in [2.05, 4.69) is 24.8 Å². The maximum Gasteiger partial charge on any atom is 0.0685 e. The molecule has 15 heavy (non-hydrogen) atoms. The SMILES string of the molecule is CC(C)C1CN1Cc1ccccc1CO. The van der Waals surface area contributed by atoms with Crippen LogP contribution in [-0.4, -0.2) is 22.6 Å². The fraction of sp³-hybridized carbons (Fsp3) is 0.538. The summed E-state index contributed by atoms with van der Waals surface area (Å²) >= 11 is 0. The Kier molecular flexibility index (Phi) is 3.08. The van der Waals surface area contributed by atoms with Gasteiger partial charge < -0.3 is 5.11 Å². The average Bonchev–Trinajstić information content (AvgIpc) is 2.98. The fourth-order valence-electron chi connectivity index (χ4n) is 2.09. The Labute approximate surface area is 91.5 Å². The summed E-state index contributed by atoms with van der Waals surface area (Å²) in [5.74, 6) is 0.742. The monoisotopic (exact) mass is 205 g/mol. The second-order valence-corrected chi connectivity index (χ2v) is 4.67. The zero-order chi connectivity index (χ0) is 10.8. The molecule has 0 spiro atoms. The van der Waals surface area contributed by atoms with E-state index in [9.17, 15) is 5.11 Å². The quantitative estimate of drug-likeness (QED) is 0.760. The first-order valence-electron chi connectivity index (χ1n) is 5.64. The maximum atomic E-state index is 9.21. The molecule has 0 aliphatic carbocycles. The summed E-state index contributed by atoms with van der Waals surface area (Å²) in [6.45, 7) is 6.87. The van der Waals surface area contributed by atoms with Gasteiger partial charge in [-0.15, -0.1) is 0 Å². The highest BCUT2D eigenvalue weighted by Crippen LogP contribution is 2.28. The molecular formula is C13H19NO.